The molecule has 5 fully saturated rings. The van der Waals surface area contributed by atoms with Crippen molar-refractivity contribution in [1.29, 1.82) is 0 Å². The maximum atomic E-state index is 10.6. The molecule has 0 aromatic carbocycles. The summed E-state index contributed by atoms with van der Waals surface area (Å²) in [6.45, 7) is 7.40. The summed E-state index contributed by atoms with van der Waals surface area (Å²) in [5, 5.41) is 19.5. The minimum absolute atomic E-state index is 0.232. The number of hydrogen-bond donors (Lipinski definition) is 1. The largest absolute Gasteiger partial charge is 0.390 e. The van der Waals surface area contributed by atoms with Crippen LogP contribution in [0.3, 0.4) is 0 Å². The van der Waals surface area contributed by atoms with E-state index >= 15 is 0 Å². The van der Waals surface area contributed by atoms with Crippen LogP contribution >= 0.6 is 0 Å². The molecule has 0 unspecified atom stereocenters. The van der Waals surface area contributed by atoms with Gasteiger partial charge in [-0.3, -0.25) is 0 Å². The van der Waals surface area contributed by atoms with Crippen LogP contribution < -0.4 is 0 Å². The summed E-state index contributed by atoms with van der Waals surface area (Å²) in [7, 11) is 0. The normalized spacial score (nSPS) is 49.6. The van der Waals surface area contributed by atoms with Crippen LogP contribution in [0.1, 0.15) is 71.6 Å². The lowest BCUT2D eigenvalue weighted by atomic mass is 9.47. The molecule has 4 aliphatic carbocycles. The van der Waals surface area contributed by atoms with E-state index in [2.05, 4.69) is 24.0 Å². The van der Waals surface area contributed by atoms with Crippen molar-refractivity contribution in [2.75, 3.05) is 13.2 Å². The van der Waals surface area contributed by atoms with Gasteiger partial charge in [-0.25, -0.2) is 0 Å². The van der Waals surface area contributed by atoms with Crippen molar-refractivity contribution in [2.45, 2.75) is 83.8 Å². The molecule has 166 valence electrons. The third-order valence-electron chi connectivity index (χ3n) is 10.7. The SMILES string of the molecule is C[C@@]1(O)CC[C@H]2[C@H](CC[C@@H]3[C@@H]2CC[C@]2(C)[C@@H](C4(Cn5nccn5)COC4)CC[C@@H]32)C1. The first-order valence-electron chi connectivity index (χ1n) is 12.5. The van der Waals surface area contributed by atoms with E-state index in [0.717, 1.165) is 68.1 Å². The van der Waals surface area contributed by atoms with Crippen molar-refractivity contribution in [3.63, 3.8) is 0 Å². The lowest BCUT2D eigenvalue weighted by molar-refractivity contribution is -0.192. The number of hydrogen-bond acceptors (Lipinski definition) is 4. The summed E-state index contributed by atoms with van der Waals surface area (Å²) >= 11 is 0. The van der Waals surface area contributed by atoms with Crippen molar-refractivity contribution in [3.05, 3.63) is 12.4 Å². The molecule has 5 heteroatoms. The topological polar surface area (TPSA) is 60.2 Å². The van der Waals surface area contributed by atoms with Crippen molar-refractivity contribution in [2.24, 2.45) is 46.3 Å². The summed E-state index contributed by atoms with van der Waals surface area (Å²) in [6.07, 6.45) is 15.2. The number of rotatable bonds is 3. The average Bonchev–Trinajstić information content (AvgIpc) is 3.31. The molecule has 30 heavy (non-hydrogen) atoms. The molecule has 1 aliphatic heterocycles. The molecule has 2 heterocycles. The fourth-order valence-electron chi connectivity index (χ4n) is 9.46. The van der Waals surface area contributed by atoms with E-state index in [9.17, 15) is 5.11 Å². The number of nitrogens with zero attached hydrogens (tertiary/aromatic N) is 3. The molecule has 8 atom stereocenters. The van der Waals surface area contributed by atoms with Crippen LogP contribution in [0.2, 0.25) is 0 Å². The van der Waals surface area contributed by atoms with E-state index in [0.29, 0.717) is 5.41 Å². The van der Waals surface area contributed by atoms with Gasteiger partial charge in [-0.2, -0.15) is 15.0 Å². The maximum Gasteiger partial charge on any atom is 0.0710 e. The molecule has 1 aromatic heterocycles. The molecule has 6 rings (SSSR count). The van der Waals surface area contributed by atoms with Gasteiger partial charge >= 0.3 is 0 Å². The van der Waals surface area contributed by atoms with E-state index in [-0.39, 0.29) is 5.41 Å². The molecular formula is C25H39N3O2. The molecule has 1 N–H and O–H groups in total. The molecule has 1 saturated heterocycles. The zero-order chi connectivity index (χ0) is 20.6. The Morgan fingerprint density at radius 3 is 2.43 bits per heavy atom. The third-order valence-corrected chi connectivity index (χ3v) is 10.7. The molecule has 5 aliphatic rings. The Bertz CT molecular complexity index is 773. The van der Waals surface area contributed by atoms with Crippen molar-refractivity contribution < 1.29 is 9.84 Å². The predicted octanol–water partition coefficient (Wildman–Crippen LogP) is 4.31. The van der Waals surface area contributed by atoms with Gasteiger partial charge in [0, 0.05) is 5.41 Å². The van der Waals surface area contributed by atoms with E-state index in [1.54, 1.807) is 12.4 Å². The Kier molecular flexibility index (Phi) is 4.46. The van der Waals surface area contributed by atoms with Crippen molar-refractivity contribution >= 4 is 0 Å². The molecular weight excluding hydrogens is 374 g/mol. The fraction of sp³-hybridized carbons (Fsp3) is 0.920. The number of ether oxygens (including phenoxy) is 1. The average molecular weight is 414 g/mol. The van der Waals surface area contributed by atoms with Crippen LogP contribution in [0.25, 0.3) is 0 Å². The lowest BCUT2D eigenvalue weighted by Gasteiger charge is -2.59. The van der Waals surface area contributed by atoms with Gasteiger partial charge < -0.3 is 9.84 Å². The number of aromatic nitrogens is 3. The summed E-state index contributed by atoms with van der Waals surface area (Å²) in [6, 6.07) is 0. The second-order valence-electron chi connectivity index (χ2n) is 12.3. The van der Waals surface area contributed by atoms with Gasteiger partial charge in [0.1, 0.15) is 0 Å². The van der Waals surface area contributed by atoms with Gasteiger partial charge in [0.05, 0.1) is 37.8 Å². The van der Waals surface area contributed by atoms with Gasteiger partial charge in [-0.1, -0.05) is 6.92 Å². The zero-order valence-electron chi connectivity index (χ0n) is 18.8. The van der Waals surface area contributed by atoms with Gasteiger partial charge in [0.2, 0.25) is 0 Å². The molecule has 0 amide bonds. The zero-order valence-corrected chi connectivity index (χ0v) is 18.8. The first kappa shape index (κ1) is 19.7. The van der Waals surface area contributed by atoms with Crippen molar-refractivity contribution in [3.8, 4) is 0 Å². The van der Waals surface area contributed by atoms with Gasteiger partial charge in [-0.05, 0) is 106 Å². The summed E-state index contributed by atoms with van der Waals surface area (Å²) in [4.78, 5) is 1.91. The summed E-state index contributed by atoms with van der Waals surface area (Å²) in [5.41, 5.74) is 0.272. The van der Waals surface area contributed by atoms with Gasteiger partial charge in [-0.15, -0.1) is 0 Å². The third kappa shape index (κ3) is 2.87. The molecule has 4 saturated carbocycles. The van der Waals surface area contributed by atoms with Crippen LogP contribution in [-0.2, 0) is 11.3 Å². The quantitative estimate of drug-likeness (QED) is 0.802. The molecule has 0 bridgehead atoms. The standard InChI is InChI=1S/C25H39N3O2/c1-23(29)9-7-18-17(13-23)3-4-20-19(18)8-10-24(2)21(20)5-6-22(24)25(15-30-16-25)14-28-26-11-12-27-28/h11-12,17-22,29H,3-10,13-16H2,1-2H3/t17-,18+,19-,20-,21+,22+,23-,24+/m1/s1. The second-order valence-corrected chi connectivity index (χ2v) is 12.3. The Balaban J connectivity index is 1.23. The van der Waals surface area contributed by atoms with Crippen molar-refractivity contribution in [1.82, 2.24) is 15.0 Å². The van der Waals surface area contributed by atoms with Crippen LogP contribution in [0.4, 0.5) is 0 Å². The first-order chi connectivity index (χ1) is 14.4. The lowest BCUT2D eigenvalue weighted by Crippen LogP contribution is -2.57. The highest BCUT2D eigenvalue weighted by molar-refractivity contribution is 5.11. The summed E-state index contributed by atoms with van der Waals surface area (Å²) < 4.78 is 5.83. The maximum absolute atomic E-state index is 10.6. The monoisotopic (exact) mass is 413 g/mol. The molecule has 1 aromatic rings. The highest BCUT2D eigenvalue weighted by atomic mass is 16.5. The highest BCUT2D eigenvalue weighted by Crippen LogP contribution is 2.68. The smallest absolute Gasteiger partial charge is 0.0710 e. The Morgan fingerprint density at radius 2 is 1.70 bits per heavy atom. The second kappa shape index (κ2) is 6.78. The number of aliphatic hydroxyl groups is 1. The highest BCUT2D eigenvalue weighted by Gasteiger charge is 2.63. The van der Waals surface area contributed by atoms with Crippen LogP contribution in [-0.4, -0.2) is 38.9 Å². The van der Waals surface area contributed by atoms with E-state index in [1.807, 2.05) is 4.80 Å². The Morgan fingerprint density at radius 1 is 0.933 bits per heavy atom. The molecule has 0 radical (unpaired) electrons. The van der Waals surface area contributed by atoms with Gasteiger partial charge in [0.15, 0.2) is 0 Å². The molecule has 0 spiro atoms. The van der Waals surface area contributed by atoms with Crippen LogP contribution in [0.5, 0.6) is 0 Å². The Labute approximate surface area is 180 Å². The van der Waals surface area contributed by atoms with Crippen LogP contribution in [0, 0.1) is 46.3 Å². The predicted molar refractivity (Wildman–Crippen MR) is 114 cm³/mol. The summed E-state index contributed by atoms with van der Waals surface area (Å²) in [5.74, 6) is 5.10. The first-order valence-corrected chi connectivity index (χ1v) is 12.5. The van der Waals surface area contributed by atoms with E-state index < -0.39 is 5.60 Å². The Hall–Kier alpha value is -0.940. The number of fused-ring (bicyclic) bond motifs is 5. The minimum Gasteiger partial charge on any atom is -0.390 e. The molecule has 5 nitrogen and oxygen atoms in total. The minimum atomic E-state index is -0.410. The van der Waals surface area contributed by atoms with E-state index in [1.165, 1.54) is 44.9 Å². The fourth-order valence-corrected chi connectivity index (χ4v) is 9.46. The van der Waals surface area contributed by atoms with Gasteiger partial charge in [0.25, 0.3) is 0 Å². The van der Waals surface area contributed by atoms with E-state index in [4.69, 9.17) is 4.74 Å². The van der Waals surface area contributed by atoms with Crippen LogP contribution in [0.15, 0.2) is 12.4 Å².